The van der Waals surface area contributed by atoms with Gasteiger partial charge in [0.25, 0.3) is 5.91 Å². The van der Waals surface area contributed by atoms with Crippen molar-refractivity contribution in [3.8, 4) is 28.2 Å². The fourth-order valence-corrected chi connectivity index (χ4v) is 5.43. The topological polar surface area (TPSA) is 67.6 Å². The van der Waals surface area contributed by atoms with E-state index in [1.54, 1.807) is 0 Å². The van der Waals surface area contributed by atoms with E-state index in [0.717, 1.165) is 41.8 Å². The zero-order valence-corrected chi connectivity index (χ0v) is 24.4. The molecular formula is C34H39N3O3. The van der Waals surface area contributed by atoms with Gasteiger partial charge >= 0.3 is 0 Å². The molecule has 0 unspecified atom stereocenters. The highest BCUT2D eigenvalue weighted by molar-refractivity contribution is 6.02. The molecule has 6 nitrogen and oxygen atoms in total. The van der Waals surface area contributed by atoms with Crippen molar-refractivity contribution in [2.45, 2.75) is 66.2 Å². The second-order valence-electron chi connectivity index (χ2n) is 11.5. The number of amides is 1. The maximum absolute atomic E-state index is 13.4. The number of rotatable bonds is 8. The fourth-order valence-electron chi connectivity index (χ4n) is 5.43. The van der Waals surface area contributed by atoms with E-state index in [0.29, 0.717) is 29.6 Å². The van der Waals surface area contributed by atoms with Crippen molar-refractivity contribution in [2.24, 2.45) is 0 Å². The first-order valence-electron chi connectivity index (χ1n) is 14.1. The molecule has 1 N–H and O–H groups in total. The lowest BCUT2D eigenvalue weighted by atomic mass is 9.90. The number of carbonyl (C=O) groups is 1. The highest BCUT2D eigenvalue weighted by Crippen LogP contribution is 2.43. The molecule has 3 aromatic carbocycles. The number of likely N-dealkylation sites (N-methyl/N-ethyl adjacent to an activating group) is 1. The molecule has 4 aromatic rings. The smallest absolute Gasteiger partial charge is 0.274 e. The molecule has 0 aliphatic carbocycles. The normalized spacial score (nSPS) is 13.5. The third-order valence-corrected chi connectivity index (χ3v) is 7.50. The molecule has 2 heterocycles. The SMILES string of the molecule is Cc1cc(OCc2ccccc2)c(-c2onc(C(=O)NC(C)C)c2-c2ccc3c(c2)CCN(C)C3)cc1C(C)C. The molecule has 0 saturated carbocycles. The summed E-state index contributed by atoms with van der Waals surface area (Å²) in [5, 5.41) is 7.35. The average molecular weight is 538 g/mol. The second kappa shape index (κ2) is 11.7. The zero-order valence-electron chi connectivity index (χ0n) is 24.4. The van der Waals surface area contributed by atoms with Crippen LogP contribution in [0.5, 0.6) is 5.75 Å². The quantitative estimate of drug-likeness (QED) is 0.259. The molecule has 1 aromatic heterocycles. The lowest BCUT2D eigenvalue weighted by Gasteiger charge is -2.25. The first kappa shape index (κ1) is 27.7. The van der Waals surface area contributed by atoms with Crippen LogP contribution in [-0.2, 0) is 19.6 Å². The van der Waals surface area contributed by atoms with Gasteiger partial charge in [0.1, 0.15) is 12.4 Å². The number of benzene rings is 3. The van der Waals surface area contributed by atoms with Gasteiger partial charge in [0, 0.05) is 19.1 Å². The summed E-state index contributed by atoms with van der Waals surface area (Å²) in [7, 11) is 2.14. The van der Waals surface area contributed by atoms with Crippen LogP contribution in [0, 0.1) is 6.92 Å². The van der Waals surface area contributed by atoms with Crippen molar-refractivity contribution in [2.75, 3.05) is 13.6 Å². The summed E-state index contributed by atoms with van der Waals surface area (Å²) in [4.78, 5) is 15.7. The van der Waals surface area contributed by atoms with Crippen molar-refractivity contribution in [1.82, 2.24) is 15.4 Å². The Bertz CT molecular complexity index is 1500. The first-order chi connectivity index (χ1) is 19.2. The van der Waals surface area contributed by atoms with E-state index in [-0.39, 0.29) is 17.6 Å². The van der Waals surface area contributed by atoms with E-state index in [1.807, 2.05) is 44.2 Å². The van der Waals surface area contributed by atoms with Gasteiger partial charge in [-0.1, -0.05) is 67.5 Å². The molecule has 1 aliphatic rings. The maximum atomic E-state index is 13.4. The van der Waals surface area contributed by atoms with Crippen LogP contribution in [0.1, 0.15) is 71.9 Å². The van der Waals surface area contributed by atoms with E-state index in [4.69, 9.17) is 9.26 Å². The highest BCUT2D eigenvalue weighted by Gasteiger charge is 2.28. The number of aromatic nitrogens is 1. The predicted octanol–water partition coefficient (Wildman–Crippen LogP) is 7.15. The minimum absolute atomic E-state index is 0.0312. The first-order valence-corrected chi connectivity index (χ1v) is 14.1. The molecule has 208 valence electrons. The summed E-state index contributed by atoms with van der Waals surface area (Å²) in [5.74, 6) is 1.31. The monoisotopic (exact) mass is 537 g/mol. The van der Waals surface area contributed by atoms with Crippen molar-refractivity contribution in [3.05, 3.63) is 94.2 Å². The van der Waals surface area contributed by atoms with E-state index in [1.165, 1.54) is 16.7 Å². The van der Waals surface area contributed by atoms with Crippen LogP contribution in [-0.4, -0.2) is 35.6 Å². The van der Waals surface area contributed by atoms with Gasteiger partial charge in [0.15, 0.2) is 11.5 Å². The van der Waals surface area contributed by atoms with Crippen LogP contribution in [0.15, 0.2) is 65.2 Å². The van der Waals surface area contributed by atoms with E-state index >= 15 is 0 Å². The minimum atomic E-state index is -0.250. The summed E-state index contributed by atoms with van der Waals surface area (Å²) >= 11 is 0. The predicted molar refractivity (Wildman–Crippen MR) is 160 cm³/mol. The number of carbonyl (C=O) groups excluding carboxylic acids is 1. The fraction of sp³-hybridized carbons (Fsp3) is 0.353. The Labute approximate surface area is 237 Å². The summed E-state index contributed by atoms with van der Waals surface area (Å²) in [5.41, 5.74) is 8.75. The number of hydrogen-bond donors (Lipinski definition) is 1. The Hall–Kier alpha value is -3.90. The van der Waals surface area contributed by atoms with Crippen LogP contribution >= 0.6 is 0 Å². The Morgan fingerprint density at radius 3 is 2.55 bits per heavy atom. The molecule has 1 aliphatic heterocycles. The molecule has 1 amide bonds. The molecule has 5 rings (SSSR count). The average Bonchev–Trinajstić information content (AvgIpc) is 3.37. The van der Waals surface area contributed by atoms with Gasteiger partial charge in [0.05, 0.1) is 11.1 Å². The van der Waals surface area contributed by atoms with Gasteiger partial charge in [-0.05, 0) is 85.7 Å². The summed E-state index contributed by atoms with van der Waals surface area (Å²) in [6, 6.07) is 20.8. The van der Waals surface area contributed by atoms with Crippen molar-refractivity contribution < 1.29 is 14.1 Å². The Morgan fingerprint density at radius 1 is 1.05 bits per heavy atom. The number of aryl methyl sites for hydroxylation is 1. The Balaban J connectivity index is 1.67. The summed E-state index contributed by atoms with van der Waals surface area (Å²) in [6.45, 7) is 12.7. The van der Waals surface area contributed by atoms with Gasteiger partial charge in [-0.2, -0.15) is 0 Å². The van der Waals surface area contributed by atoms with Gasteiger partial charge in [0.2, 0.25) is 0 Å². The number of hydrogen-bond acceptors (Lipinski definition) is 5. The van der Waals surface area contributed by atoms with Crippen molar-refractivity contribution >= 4 is 5.91 Å². The van der Waals surface area contributed by atoms with E-state index < -0.39 is 0 Å². The van der Waals surface area contributed by atoms with Crippen molar-refractivity contribution in [3.63, 3.8) is 0 Å². The van der Waals surface area contributed by atoms with E-state index in [9.17, 15) is 4.79 Å². The number of nitrogens with zero attached hydrogens (tertiary/aromatic N) is 2. The van der Waals surface area contributed by atoms with Crippen LogP contribution in [0.3, 0.4) is 0 Å². The third kappa shape index (κ3) is 5.82. The van der Waals surface area contributed by atoms with E-state index in [2.05, 4.69) is 73.5 Å². The molecule has 0 spiro atoms. The second-order valence-corrected chi connectivity index (χ2v) is 11.5. The molecule has 0 radical (unpaired) electrons. The lowest BCUT2D eigenvalue weighted by molar-refractivity contribution is 0.0934. The van der Waals surface area contributed by atoms with Crippen LogP contribution in [0.2, 0.25) is 0 Å². The van der Waals surface area contributed by atoms with Crippen LogP contribution in [0.4, 0.5) is 0 Å². The standard InChI is InChI=1S/C34H39N3O3/c1-21(2)28-18-29(30(16-23(28)5)39-20-24-10-8-7-9-11-24)33-31(32(36-40-33)34(38)35-22(3)4)26-12-13-27-19-37(6)15-14-25(27)17-26/h7-13,16-18,21-22H,14-15,19-20H2,1-6H3,(H,35,38). The summed E-state index contributed by atoms with van der Waals surface area (Å²) < 4.78 is 12.5. The molecular weight excluding hydrogens is 498 g/mol. The number of nitrogens with one attached hydrogen (secondary N) is 1. The largest absolute Gasteiger partial charge is 0.488 e. The van der Waals surface area contributed by atoms with Crippen molar-refractivity contribution in [1.29, 1.82) is 0 Å². The zero-order chi connectivity index (χ0) is 28.4. The van der Waals surface area contributed by atoms with Gasteiger partial charge < -0.3 is 19.5 Å². The van der Waals surface area contributed by atoms with Gasteiger partial charge in [-0.15, -0.1) is 0 Å². The highest BCUT2D eigenvalue weighted by atomic mass is 16.5. The summed E-state index contributed by atoms with van der Waals surface area (Å²) in [6.07, 6.45) is 0.960. The molecule has 0 fully saturated rings. The van der Waals surface area contributed by atoms with Crippen LogP contribution in [0.25, 0.3) is 22.5 Å². The van der Waals surface area contributed by atoms with Crippen LogP contribution < -0.4 is 10.1 Å². The molecule has 0 atom stereocenters. The molecule has 40 heavy (non-hydrogen) atoms. The molecule has 0 bridgehead atoms. The molecule has 6 heteroatoms. The maximum Gasteiger partial charge on any atom is 0.274 e. The Morgan fingerprint density at radius 2 is 1.82 bits per heavy atom. The Kier molecular flexibility index (Phi) is 8.08. The minimum Gasteiger partial charge on any atom is -0.488 e. The van der Waals surface area contributed by atoms with Gasteiger partial charge in [-0.25, -0.2) is 0 Å². The lowest BCUT2D eigenvalue weighted by Crippen LogP contribution is -2.30. The molecule has 0 saturated heterocycles. The number of fused-ring (bicyclic) bond motifs is 1. The third-order valence-electron chi connectivity index (χ3n) is 7.50. The van der Waals surface area contributed by atoms with Gasteiger partial charge in [-0.3, -0.25) is 4.79 Å². The number of ether oxygens (including phenoxy) is 1.